The summed E-state index contributed by atoms with van der Waals surface area (Å²) >= 11 is 0. The molecule has 0 fully saturated rings. The molecule has 3 rings (SSSR count). The van der Waals surface area contributed by atoms with Gasteiger partial charge in [0.15, 0.2) is 11.5 Å². The van der Waals surface area contributed by atoms with Crippen molar-refractivity contribution in [3.05, 3.63) is 54.3 Å². The Morgan fingerprint density at radius 1 is 1.00 bits per heavy atom. The van der Waals surface area contributed by atoms with Crippen LogP contribution < -0.4 is 4.74 Å². The normalized spacial score (nSPS) is 11.7. The van der Waals surface area contributed by atoms with Gasteiger partial charge in [0.05, 0.1) is 6.61 Å². The highest BCUT2D eigenvalue weighted by atomic mass is 16.5. The largest absolute Gasteiger partial charge is 0.493 e. The molecule has 0 saturated heterocycles. The molecule has 3 nitrogen and oxygen atoms in total. The lowest BCUT2D eigenvalue weighted by atomic mass is 9.86. The smallest absolute Gasteiger partial charge is 0.194 e. The molecule has 3 heteroatoms. The third kappa shape index (κ3) is 3.82. The van der Waals surface area contributed by atoms with Gasteiger partial charge in [0.2, 0.25) is 0 Å². The molecule has 0 N–H and O–H groups in total. The van der Waals surface area contributed by atoms with E-state index in [9.17, 15) is 4.79 Å². The number of ether oxygens (including phenoxy) is 1. The Morgan fingerprint density at radius 3 is 2.27 bits per heavy atom. The fraction of sp³-hybridized carbons (Fsp3) is 0.348. The minimum Gasteiger partial charge on any atom is -0.493 e. The second-order valence-corrected chi connectivity index (χ2v) is 7.25. The number of Topliss-reactive ketones (excluding diaryl/α,β-unsaturated/α-hetero) is 1. The number of carbonyl (C=O) groups is 1. The molecule has 0 aliphatic rings. The second-order valence-electron chi connectivity index (χ2n) is 7.25. The van der Waals surface area contributed by atoms with Crippen molar-refractivity contribution in [2.24, 2.45) is 5.41 Å². The first kappa shape index (κ1) is 18.2. The summed E-state index contributed by atoms with van der Waals surface area (Å²) in [6.07, 6.45) is 2.21. The molecule has 1 aromatic heterocycles. The average molecular weight is 350 g/mol. The molecule has 0 saturated carbocycles. The van der Waals surface area contributed by atoms with Crippen molar-refractivity contribution in [2.75, 3.05) is 6.61 Å². The topological polar surface area (TPSA) is 39.4 Å². The van der Waals surface area contributed by atoms with Gasteiger partial charge in [0.1, 0.15) is 11.3 Å². The van der Waals surface area contributed by atoms with Crippen LogP contribution in [0.2, 0.25) is 0 Å². The Balaban J connectivity index is 1.77. The molecule has 0 bridgehead atoms. The summed E-state index contributed by atoms with van der Waals surface area (Å²) in [7, 11) is 0. The van der Waals surface area contributed by atoms with E-state index in [1.54, 1.807) is 6.07 Å². The van der Waals surface area contributed by atoms with Gasteiger partial charge in [0.25, 0.3) is 0 Å². The van der Waals surface area contributed by atoms with Gasteiger partial charge in [-0.2, -0.15) is 0 Å². The Kier molecular flexibility index (Phi) is 5.17. The summed E-state index contributed by atoms with van der Waals surface area (Å²) in [5.74, 6) is 1.23. The molecule has 3 aromatic rings. The first-order valence-corrected chi connectivity index (χ1v) is 9.22. The van der Waals surface area contributed by atoms with Gasteiger partial charge in [-0.1, -0.05) is 45.0 Å². The van der Waals surface area contributed by atoms with Crippen molar-refractivity contribution in [1.82, 2.24) is 0 Å². The number of carbonyl (C=O) groups excluding carboxylic acids is 1. The Bertz CT molecular complexity index is 899. The van der Waals surface area contributed by atoms with Crippen molar-refractivity contribution >= 4 is 16.8 Å². The third-order valence-electron chi connectivity index (χ3n) is 5.35. The molecule has 0 unspecified atom stereocenters. The number of benzene rings is 2. The first-order chi connectivity index (χ1) is 12.4. The summed E-state index contributed by atoms with van der Waals surface area (Å²) < 4.78 is 11.6. The number of rotatable bonds is 7. The number of fused-ring (bicyclic) bond motifs is 1. The highest BCUT2D eigenvalue weighted by molar-refractivity contribution is 5.96. The molecular formula is C23H26O3. The highest BCUT2D eigenvalue weighted by Crippen LogP contribution is 2.30. The molecule has 136 valence electrons. The molecule has 2 aromatic carbocycles. The van der Waals surface area contributed by atoms with E-state index in [0.717, 1.165) is 47.3 Å². The van der Waals surface area contributed by atoms with E-state index in [1.165, 1.54) is 6.92 Å². The van der Waals surface area contributed by atoms with Gasteiger partial charge in [-0.15, -0.1) is 0 Å². The van der Waals surface area contributed by atoms with E-state index in [0.29, 0.717) is 5.76 Å². The molecule has 0 radical (unpaired) electrons. The van der Waals surface area contributed by atoms with Crippen LogP contribution in [0.5, 0.6) is 5.75 Å². The van der Waals surface area contributed by atoms with E-state index < -0.39 is 0 Å². The van der Waals surface area contributed by atoms with Crippen LogP contribution >= 0.6 is 0 Å². The molecule has 0 aliphatic carbocycles. The van der Waals surface area contributed by atoms with E-state index in [-0.39, 0.29) is 11.2 Å². The molecule has 0 amide bonds. The summed E-state index contributed by atoms with van der Waals surface area (Å²) in [4.78, 5) is 11.5. The monoisotopic (exact) mass is 350 g/mol. The lowest BCUT2D eigenvalue weighted by Crippen LogP contribution is -2.23. The van der Waals surface area contributed by atoms with Crippen LogP contribution in [-0.4, -0.2) is 12.4 Å². The minimum atomic E-state index is -0.0598. The van der Waals surface area contributed by atoms with E-state index in [2.05, 4.69) is 32.9 Å². The van der Waals surface area contributed by atoms with Gasteiger partial charge in [0, 0.05) is 17.7 Å². The lowest BCUT2D eigenvalue weighted by Gasteiger charge is -2.26. The van der Waals surface area contributed by atoms with Crippen molar-refractivity contribution in [2.45, 2.75) is 40.5 Å². The van der Waals surface area contributed by atoms with E-state index in [4.69, 9.17) is 9.15 Å². The molecule has 1 heterocycles. The maximum atomic E-state index is 11.5. The fourth-order valence-electron chi connectivity index (χ4n) is 2.84. The van der Waals surface area contributed by atoms with Crippen LogP contribution in [0, 0.1) is 5.41 Å². The first-order valence-electron chi connectivity index (χ1n) is 9.22. The van der Waals surface area contributed by atoms with Gasteiger partial charge in [-0.25, -0.2) is 0 Å². The van der Waals surface area contributed by atoms with Gasteiger partial charge in [-0.05, 0) is 48.2 Å². The number of hydrogen-bond donors (Lipinski definition) is 0. The zero-order valence-electron chi connectivity index (χ0n) is 16.0. The third-order valence-corrected chi connectivity index (χ3v) is 5.35. The summed E-state index contributed by atoms with van der Waals surface area (Å²) in [6, 6.07) is 15.9. The Hall–Kier alpha value is -2.55. The predicted octanol–water partition coefficient (Wildman–Crippen LogP) is 6.51. The van der Waals surface area contributed by atoms with E-state index >= 15 is 0 Å². The van der Waals surface area contributed by atoms with Crippen LogP contribution in [0.25, 0.3) is 22.1 Å². The van der Waals surface area contributed by atoms with Crippen molar-refractivity contribution in [3.63, 3.8) is 0 Å². The quantitative estimate of drug-likeness (QED) is 0.456. The predicted molar refractivity (Wildman–Crippen MR) is 106 cm³/mol. The molecule has 0 atom stereocenters. The Labute approximate surface area is 155 Å². The van der Waals surface area contributed by atoms with Crippen molar-refractivity contribution < 1.29 is 13.9 Å². The lowest BCUT2D eigenvalue weighted by molar-refractivity contribution is 0.0989. The summed E-state index contributed by atoms with van der Waals surface area (Å²) in [5, 5.41) is 0.942. The van der Waals surface area contributed by atoms with E-state index in [1.807, 2.05) is 30.3 Å². The number of ketones is 1. The Morgan fingerprint density at radius 2 is 1.65 bits per heavy atom. The van der Waals surface area contributed by atoms with Gasteiger partial charge >= 0.3 is 0 Å². The number of furan rings is 1. The summed E-state index contributed by atoms with van der Waals surface area (Å²) in [6.45, 7) is 8.91. The maximum absolute atomic E-state index is 11.5. The molecule has 0 spiro atoms. The summed E-state index contributed by atoms with van der Waals surface area (Å²) in [5.41, 5.74) is 3.10. The van der Waals surface area contributed by atoms with Gasteiger partial charge < -0.3 is 9.15 Å². The zero-order chi connectivity index (χ0) is 18.7. The van der Waals surface area contributed by atoms with Crippen LogP contribution in [-0.2, 0) is 0 Å². The fourth-order valence-corrected chi connectivity index (χ4v) is 2.84. The molecular weight excluding hydrogens is 324 g/mol. The standard InChI is InChI=1S/C23H26O3/c1-5-23(4,6-2)15-25-20-11-9-17(10-12-20)18-7-8-19-14-21(16(3)24)26-22(19)13-18/h7-14H,5-6,15H2,1-4H3. The van der Waals surface area contributed by atoms with Crippen LogP contribution in [0.1, 0.15) is 51.1 Å². The number of hydrogen-bond acceptors (Lipinski definition) is 3. The van der Waals surface area contributed by atoms with Gasteiger partial charge in [-0.3, -0.25) is 4.79 Å². The zero-order valence-corrected chi connectivity index (χ0v) is 16.0. The molecule has 0 aliphatic heterocycles. The van der Waals surface area contributed by atoms with Crippen LogP contribution in [0.4, 0.5) is 0 Å². The van der Waals surface area contributed by atoms with Crippen molar-refractivity contribution in [1.29, 1.82) is 0 Å². The van der Waals surface area contributed by atoms with Crippen LogP contribution in [0.3, 0.4) is 0 Å². The van der Waals surface area contributed by atoms with Crippen molar-refractivity contribution in [3.8, 4) is 16.9 Å². The molecule has 26 heavy (non-hydrogen) atoms. The second kappa shape index (κ2) is 7.36. The highest BCUT2D eigenvalue weighted by Gasteiger charge is 2.20. The maximum Gasteiger partial charge on any atom is 0.194 e. The SMILES string of the molecule is CCC(C)(CC)COc1ccc(-c2ccc3cc(C(C)=O)oc3c2)cc1. The minimum absolute atomic E-state index is 0.0598. The average Bonchev–Trinajstić information content (AvgIpc) is 3.10. The van der Waals surface area contributed by atoms with Crippen LogP contribution in [0.15, 0.2) is 52.9 Å².